The molecule has 0 spiro atoms. The van der Waals surface area contributed by atoms with Gasteiger partial charge in [-0.25, -0.2) is 0 Å². The van der Waals surface area contributed by atoms with E-state index >= 15 is 0 Å². The molecular formula is C11H10N2O3S. The van der Waals surface area contributed by atoms with Crippen molar-refractivity contribution in [3.8, 4) is 5.75 Å². The van der Waals surface area contributed by atoms with Crippen LogP contribution in [0.3, 0.4) is 0 Å². The molecule has 88 valence electrons. The van der Waals surface area contributed by atoms with E-state index in [1.54, 1.807) is 19.4 Å². The van der Waals surface area contributed by atoms with Gasteiger partial charge in [0.15, 0.2) is 0 Å². The topological polar surface area (TPSA) is 65.3 Å². The SMILES string of the molecule is COc1c(SC)cnc2ccc([N+](=O)[O-])cc12. The summed E-state index contributed by atoms with van der Waals surface area (Å²) in [5.74, 6) is 0.631. The van der Waals surface area contributed by atoms with Crippen LogP contribution >= 0.6 is 11.8 Å². The number of nitro groups is 1. The molecule has 0 atom stereocenters. The zero-order chi connectivity index (χ0) is 12.4. The van der Waals surface area contributed by atoms with E-state index < -0.39 is 4.92 Å². The molecule has 2 rings (SSSR count). The molecule has 1 aromatic heterocycles. The summed E-state index contributed by atoms with van der Waals surface area (Å²) >= 11 is 1.49. The molecule has 0 amide bonds. The monoisotopic (exact) mass is 250 g/mol. The molecule has 17 heavy (non-hydrogen) atoms. The summed E-state index contributed by atoms with van der Waals surface area (Å²) in [6.45, 7) is 0. The maximum atomic E-state index is 10.7. The van der Waals surface area contributed by atoms with Crippen molar-refractivity contribution >= 4 is 28.4 Å². The van der Waals surface area contributed by atoms with E-state index in [0.29, 0.717) is 16.7 Å². The second-order valence-electron chi connectivity index (χ2n) is 3.32. The number of rotatable bonds is 3. The molecule has 0 aliphatic carbocycles. The van der Waals surface area contributed by atoms with Crippen LogP contribution in [0.4, 0.5) is 5.69 Å². The average Bonchev–Trinajstić information content (AvgIpc) is 2.36. The van der Waals surface area contributed by atoms with E-state index in [0.717, 1.165) is 4.90 Å². The number of hydrogen-bond acceptors (Lipinski definition) is 5. The third kappa shape index (κ3) is 2.03. The molecule has 0 bridgehead atoms. The third-order valence-electron chi connectivity index (χ3n) is 2.40. The minimum atomic E-state index is -0.426. The minimum absolute atomic E-state index is 0.0378. The standard InChI is InChI=1S/C11H10N2O3S/c1-16-11-8-5-7(13(14)15)3-4-9(8)12-6-10(11)17-2/h3-6H,1-2H3. The Morgan fingerprint density at radius 2 is 2.24 bits per heavy atom. The summed E-state index contributed by atoms with van der Waals surface area (Å²) in [7, 11) is 1.55. The van der Waals surface area contributed by atoms with Gasteiger partial charge < -0.3 is 4.74 Å². The Morgan fingerprint density at radius 3 is 2.82 bits per heavy atom. The first-order chi connectivity index (χ1) is 8.17. The lowest BCUT2D eigenvalue weighted by molar-refractivity contribution is -0.384. The van der Waals surface area contributed by atoms with Gasteiger partial charge in [0, 0.05) is 18.3 Å². The van der Waals surface area contributed by atoms with Crippen LogP contribution < -0.4 is 4.74 Å². The van der Waals surface area contributed by atoms with Crippen molar-refractivity contribution < 1.29 is 9.66 Å². The first-order valence-electron chi connectivity index (χ1n) is 4.82. The molecule has 0 saturated carbocycles. The lowest BCUT2D eigenvalue weighted by Gasteiger charge is -2.08. The highest BCUT2D eigenvalue weighted by Gasteiger charge is 2.13. The maximum Gasteiger partial charge on any atom is 0.270 e. The van der Waals surface area contributed by atoms with Gasteiger partial charge in [0.1, 0.15) is 5.75 Å². The zero-order valence-corrected chi connectivity index (χ0v) is 10.2. The van der Waals surface area contributed by atoms with E-state index in [4.69, 9.17) is 4.74 Å². The van der Waals surface area contributed by atoms with E-state index in [-0.39, 0.29) is 5.69 Å². The first kappa shape index (κ1) is 11.7. The van der Waals surface area contributed by atoms with Crippen molar-refractivity contribution in [1.29, 1.82) is 0 Å². The number of fused-ring (bicyclic) bond motifs is 1. The van der Waals surface area contributed by atoms with Gasteiger partial charge in [0.05, 0.1) is 27.8 Å². The Kier molecular flexibility index (Phi) is 3.14. The van der Waals surface area contributed by atoms with Crippen molar-refractivity contribution in [2.75, 3.05) is 13.4 Å². The average molecular weight is 250 g/mol. The molecule has 1 heterocycles. The van der Waals surface area contributed by atoms with Crippen LogP contribution in [0, 0.1) is 10.1 Å². The Morgan fingerprint density at radius 1 is 1.47 bits per heavy atom. The Bertz CT molecular complexity index is 586. The highest BCUT2D eigenvalue weighted by atomic mass is 32.2. The molecule has 2 aromatic rings. The number of ether oxygens (including phenoxy) is 1. The molecule has 0 saturated heterocycles. The van der Waals surface area contributed by atoms with Gasteiger partial charge in [0.2, 0.25) is 0 Å². The quantitative estimate of drug-likeness (QED) is 0.476. The van der Waals surface area contributed by atoms with Crippen molar-refractivity contribution in [3.63, 3.8) is 0 Å². The van der Waals surface area contributed by atoms with Gasteiger partial charge >= 0.3 is 0 Å². The largest absolute Gasteiger partial charge is 0.495 e. The van der Waals surface area contributed by atoms with E-state index in [9.17, 15) is 10.1 Å². The van der Waals surface area contributed by atoms with Crippen LogP contribution in [-0.4, -0.2) is 23.3 Å². The van der Waals surface area contributed by atoms with E-state index in [2.05, 4.69) is 4.98 Å². The van der Waals surface area contributed by atoms with E-state index in [1.807, 2.05) is 6.26 Å². The predicted octanol–water partition coefficient (Wildman–Crippen LogP) is 2.87. The number of thioether (sulfide) groups is 1. The maximum absolute atomic E-state index is 10.7. The summed E-state index contributed by atoms with van der Waals surface area (Å²) in [6, 6.07) is 4.55. The summed E-state index contributed by atoms with van der Waals surface area (Å²) in [5.41, 5.74) is 0.723. The number of nitro benzene ring substituents is 1. The van der Waals surface area contributed by atoms with Crippen molar-refractivity contribution in [2.24, 2.45) is 0 Å². The third-order valence-corrected chi connectivity index (χ3v) is 3.13. The molecular weight excluding hydrogens is 240 g/mol. The van der Waals surface area contributed by atoms with Crippen molar-refractivity contribution in [3.05, 3.63) is 34.5 Å². The Hall–Kier alpha value is -1.82. The lowest BCUT2D eigenvalue weighted by Crippen LogP contribution is -1.93. The summed E-state index contributed by atoms with van der Waals surface area (Å²) < 4.78 is 5.30. The second kappa shape index (κ2) is 4.58. The number of methoxy groups -OCH3 is 1. The lowest BCUT2D eigenvalue weighted by atomic mass is 10.2. The van der Waals surface area contributed by atoms with Crippen molar-refractivity contribution in [2.45, 2.75) is 4.90 Å². The number of benzene rings is 1. The summed E-state index contributed by atoms with van der Waals surface area (Å²) in [6.07, 6.45) is 3.61. The highest BCUT2D eigenvalue weighted by molar-refractivity contribution is 7.98. The molecule has 0 fully saturated rings. The molecule has 6 heteroatoms. The zero-order valence-electron chi connectivity index (χ0n) is 9.34. The van der Waals surface area contributed by atoms with Gasteiger partial charge in [-0.3, -0.25) is 15.1 Å². The van der Waals surface area contributed by atoms with Crippen LogP contribution in [-0.2, 0) is 0 Å². The summed E-state index contributed by atoms with van der Waals surface area (Å²) in [5, 5.41) is 11.4. The minimum Gasteiger partial charge on any atom is -0.495 e. The highest BCUT2D eigenvalue weighted by Crippen LogP contribution is 2.35. The number of nitrogens with zero attached hydrogens (tertiary/aromatic N) is 2. The van der Waals surface area contributed by atoms with Crippen LogP contribution in [0.2, 0.25) is 0 Å². The molecule has 0 unspecified atom stereocenters. The molecule has 1 aromatic carbocycles. The number of hydrogen-bond donors (Lipinski definition) is 0. The van der Waals surface area contributed by atoms with Gasteiger partial charge in [-0.1, -0.05) is 0 Å². The van der Waals surface area contributed by atoms with Crippen molar-refractivity contribution in [1.82, 2.24) is 4.98 Å². The van der Waals surface area contributed by atoms with Gasteiger partial charge in [-0.15, -0.1) is 11.8 Å². The Balaban J connectivity index is 2.75. The van der Waals surface area contributed by atoms with Gasteiger partial charge in [0.25, 0.3) is 5.69 Å². The van der Waals surface area contributed by atoms with E-state index in [1.165, 1.54) is 23.9 Å². The molecule has 5 nitrogen and oxygen atoms in total. The Labute approximate surface area is 102 Å². The van der Waals surface area contributed by atoms with Gasteiger partial charge in [-0.2, -0.15) is 0 Å². The number of non-ortho nitro benzene ring substituents is 1. The fourth-order valence-electron chi connectivity index (χ4n) is 1.61. The molecule has 0 radical (unpaired) electrons. The fraction of sp³-hybridized carbons (Fsp3) is 0.182. The van der Waals surface area contributed by atoms with Crippen LogP contribution in [0.15, 0.2) is 29.3 Å². The summed E-state index contributed by atoms with van der Waals surface area (Å²) in [4.78, 5) is 15.4. The number of aromatic nitrogens is 1. The molecule has 0 aliphatic rings. The smallest absolute Gasteiger partial charge is 0.270 e. The van der Waals surface area contributed by atoms with Crippen LogP contribution in [0.25, 0.3) is 10.9 Å². The molecule has 0 aliphatic heterocycles. The fourth-order valence-corrected chi connectivity index (χ4v) is 2.14. The normalized spacial score (nSPS) is 10.5. The number of pyridine rings is 1. The van der Waals surface area contributed by atoms with Crippen LogP contribution in [0.5, 0.6) is 5.75 Å². The molecule has 0 N–H and O–H groups in total. The first-order valence-corrected chi connectivity index (χ1v) is 6.05. The van der Waals surface area contributed by atoms with Gasteiger partial charge in [-0.05, 0) is 12.3 Å². The predicted molar refractivity (Wildman–Crippen MR) is 66.7 cm³/mol. The van der Waals surface area contributed by atoms with Crippen LogP contribution in [0.1, 0.15) is 0 Å². The second-order valence-corrected chi connectivity index (χ2v) is 4.17.